The first-order chi connectivity index (χ1) is 17.3. The summed E-state index contributed by atoms with van der Waals surface area (Å²) >= 11 is 12.6. The van der Waals surface area contributed by atoms with Crippen molar-refractivity contribution < 1.29 is 14.7 Å². The molecule has 7 heteroatoms. The summed E-state index contributed by atoms with van der Waals surface area (Å²) in [4.78, 5) is 28.3. The molecule has 2 aromatic rings. The Morgan fingerprint density at radius 3 is 2.44 bits per heavy atom. The number of aliphatic carboxylic acids is 1. The monoisotopic (exact) mass is 528 g/mol. The molecule has 2 saturated heterocycles. The molecule has 3 aliphatic rings. The van der Waals surface area contributed by atoms with E-state index in [4.69, 9.17) is 23.2 Å². The van der Waals surface area contributed by atoms with Gasteiger partial charge in [0.25, 0.3) is 0 Å². The lowest BCUT2D eigenvalue weighted by Gasteiger charge is -2.47. The van der Waals surface area contributed by atoms with Crippen LogP contribution in [0.4, 0.5) is 0 Å². The maximum absolute atomic E-state index is 13.9. The van der Waals surface area contributed by atoms with E-state index in [1.165, 1.54) is 5.56 Å². The van der Waals surface area contributed by atoms with Crippen LogP contribution >= 0.6 is 23.2 Å². The Labute approximate surface area is 223 Å². The molecule has 2 aliphatic heterocycles. The van der Waals surface area contributed by atoms with Gasteiger partial charge in [0.2, 0.25) is 5.91 Å². The Balaban J connectivity index is 1.52. The third kappa shape index (κ3) is 5.58. The fourth-order valence-corrected chi connectivity index (χ4v) is 6.81. The van der Waals surface area contributed by atoms with Crippen molar-refractivity contribution in [1.29, 1.82) is 0 Å². The predicted molar refractivity (Wildman–Crippen MR) is 143 cm³/mol. The van der Waals surface area contributed by atoms with Crippen molar-refractivity contribution in [3.63, 3.8) is 0 Å². The van der Waals surface area contributed by atoms with Crippen molar-refractivity contribution in [3.8, 4) is 0 Å². The summed E-state index contributed by atoms with van der Waals surface area (Å²) in [5.41, 5.74) is 1.27. The lowest BCUT2D eigenvalue weighted by atomic mass is 9.63. The summed E-state index contributed by atoms with van der Waals surface area (Å²) < 4.78 is 0. The van der Waals surface area contributed by atoms with Gasteiger partial charge in [0.1, 0.15) is 0 Å². The smallest absolute Gasteiger partial charge is 0.304 e. The number of carboxylic acids is 1. The summed E-state index contributed by atoms with van der Waals surface area (Å²) in [6.45, 7) is 2.79. The van der Waals surface area contributed by atoms with E-state index in [0.29, 0.717) is 28.8 Å². The second kappa shape index (κ2) is 10.7. The number of hydrogen-bond acceptors (Lipinski definition) is 3. The van der Waals surface area contributed by atoms with Gasteiger partial charge in [-0.05, 0) is 99.5 Å². The van der Waals surface area contributed by atoms with Crippen molar-refractivity contribution >= 4 is 35.1 Å². The van der Waals surface area contributed by atoms with Crippen molar-refractivity contribution in [2.45, 2.75) is 62.8 Å². The molecule has 1 aliphatic carbocycles. The number of halogens is 2. The van der Waals surface area contributed by atoms with Gasteiger partial charge in [-0.2, -0.15) is 0 Å². The molecule has 5 nitrogen and oxygen atoms in total. The third-order valence-corrected chi connectivity index (χ3v) is 8.95. The highest BCUT2D eigenvalue weighted by Gasteiger charge is 2.52. The van der Waals surface area contributed by atoms with E-state index in [1.54, 1.807) is 0 Å². The number of piperidine rings is 1. The first-order valence-corrected chi connectivity index (χ1v) is 13.9. The molecule has 4 atom stereocenters. The molecule has 2 aromatic carbocycles. The molecule has 1 amide bonds. The van der Waals surface area contributed by atoms with Gasteiger partial charge in [-0.15, -0.1) is 0 Å². The zero-order valence-corrected chi connectivity index (χ0v) is 22.0. The summed E-state index contributed by atoms with van der Waals surface area (Å²) in [6, 6.07) is 15.7. The highest BCUT2D eigenvalue weighted by molar-refractivity contribution is 6.30. The minimum atomic E-state index is -0.952. The van der Waals surface area contributed by atoms with Crippen LogP contribution in [-0.4, -0.2) is 47.6 Å². The van der Waals surface area contributed by atoms with E-state index >= 15 is 0 Å². The highest BCUT2D eigenvalue weighted by Crippen LogP contribution is 2.53. The zero-order chi connectivity index (χ0) is 25.3. The van der Waals surface area contributed by atoms with E-state index in [0.717, 1.165) is 50.9 Å². The lowest BCUT2D eigenvalue weighted by Crippen LogP contribution is -2.57. The number of amides is 1. The Kier molecular flexibility index (Phi) is 7.62. The van der Waals surface area contributed by atoms with E-state index in [-0.39, 0.29) is 30.2 Å². The van der Waals surface area contributed by atoms with Crippen LogP contribution in [0.15, 0.2) is 48.5 Å². The summed E-state index contributed by atoms with van der Waals surface area (Å²) in [7, 11) is 0. The minimum absolute atomic E-state index is 0.0411. The number of carbonyl (C=O) groups excluding carboxylic acids is 1. The van der Waals surface area contributed by atoms with E-state index in [2.05, 4.69) is 28.4 Å². The van der Waals surface area contributed by atoms with Crippen LogP contribution in [-0.2, 0) is 9.59 Å². The molecule has 0 aromatic heterocycles. The van der Waals surface area contributed by atoms with Crippen molar-refractivity contribution in [3.05, 3.63) is 69.7 Å². The summed E-state index contributed by atoms with van der Waals surface area (Å²) in [5, 5.41) is 14.6. The van der Waals surface area contributed by atoms with Crippen molar-refractivity contribution in [2.75, 3.05) is 19.6 Å². The maximum Gasteiger partial charge on any atom is 0.304 e. The van der Waals surface area contributed by atoms with Gasteiger partial charge in [-0.3, -0.25) is 9.59 Å². The number of nitrogens with one attached hydrogen (secondary N) is 1. The highest BCUT2D eigenvalue weighted by atomic mass is 35.5. The molecular weight excluding hydrogens is 495 g/mol. The predicted octanol–water partition coefficient (Wildman–Crippen LogP) is 6.11. The third-order valence-electron chi connectivity index (χ3n) is 8.47. The first kappa shape index (κ1) is 25.6. The van der Waals surface area contributed by atoms with Gasteiger partial charge in [0, 0.05) is 27.9 Å². The Morgan fingerprint density at radius 1 is 1.08 bits per heavy atom. The molecule has 36 heavy (non-hydrogen) atoms. The van der Waals surface area contributed by atoms with Crippen LogP contribution < -0.4 is 5.32 Å². The molecule has 192 valence electrons. The van der Waals surface area contributed by atoms with Crippen molar-refractivity contribution in [2.24, 2.45) is 11.3 Å². The maximum atomic E-state index is 13.9. The SMILES string of the molecule is O=C(O)CC1(CCN2CCCC2)CC(c2cccc(Cl)c2)C(C(c2ccc(Cl)cc2)C2CC2)NC1=O. The average molecular weight is 530 g/mol. The zero-order valence-electron chi connectivity index (χ0n) is 20.5. The number of benzene rings is 2. The van der Waals surface area contributed by atoms with Gasteiger partial charge in [-0.25, -0.2) is 0 Å². The number of rotatable bonds is 9. The number of nitrogens with zero attached hydrogens (tertiary/aromatic N) is 1. The standard InChI is InChI=1S/C29H34Cl2N2O3/c30-22-10-8-20(9-11-22)26(19-6-7-19)27-24(21-4-3-5-23(31)16-21)17-29(18-25(34)35,28(36)32-27)12-15-33-13-1-2-14-33/h3-5,8-11,16,19,24,26-27H,1-2,6-7,12-15,17-18H2,(H,32,36)(H,34,35). The number of likely N-dealkylation sites (tertiary alicyclic amines) is 1. The summed E-state index contributed by atoms with van der Waals surface area (Å²) in [5.74, 6) is -0.467. The van der Waals surface area contributed by atoms with E-state index in [9.17, 15) is 14.7 Å². The van der Waals surface area contributed by atoms with Crippen molar-refractivity contribution in [1.82, 2.24) is 10.2 Å². The molecule has 1 saturated carbocycles. The molecule has 2 heterocycles. The Morgan fingerprint density at radius 2 is 1.81 bits per heavy atom. The van der Waals surface area contributed by atoms with Crippen LogP contribution in [0.25, 0.3) is 0 Å². The van der Waals surface area contributed by atoms with Crippen LogP contribution in [0.1, 0.15) is 67.9 Å². The van der Waals surface area contributed by atoms with Gasteiger partial charge in [0.05, 0.1) is 11.8 Å². The molecular formula is C29H34Cl2N2O3. The lowest BCUT2D eigenvalue weighted by molar-refractivity contribution is -0.149. The molecule has 0 bridgehead atoms. The number of hydrogen-bond donors (Lipinski definition) is 2. The Hall–Kier alpha value is -2.08. The first-order valence-electron chi connectivity index (χ1n) is 13.1. The minimum Gasteiger partial charge on any atom is -0.481 e. The van der Waals surface area contributed by atoms with Crippen LogP contribution in [0.2, 0.25) is 10.0 Å². The quantitative estimate of drug-likeness (QED) is 0.412. The van der Waals surface area contributed by atoms with Crippen LogP contribution in [0, 0.1) is 11.3 Å². The van der Waals surface area contributed by atoms with E-state index in [1.807, 2.05) is 30.3 Å². The van der Waals surface area contributed by atoms with Gasteiger partial charge in [0.15, 0.2) is 0 Å². The molecule has 5 rings (SSSR count). The van der Waals surface area contributed by atoms with Gasteiger partial charge < -0.3 is 15.3 Å². The fourth-order valence-electron chi connectivity index (χ4n) is 6.49. The van der Waals surface area contributed by atoms with E-state index < -0.39 is 11.4 Å². The molecule has 4 unspecified atom stereocenters. The molecule has 0 spiro atoms. The normalized spacial score (nSPS) is 27.6. The Bertz CT molecular complexity index is 1100. The molecule has 2 N–H and O–H groups in total. The fraction of sp³-hybridized carbons (Fsp3) is 0.517. The van der Waals surface area contributed by atoms with Crippen LogP contribution in [0.5, 0.6) is 0 Å². The second-order valence-corrected chi connectivity index (χ2v) is 11.8. The largest absolute Gasteiger partial charge is 0.481 e. The average Bonchev–Trinajstić information content (AvgIpc) is 3.53. The molecule has 0 radical (unpaired) electrons. The summed E-state index contributed by atoms with van der Waals surface area (Å²) in [6.07, 6.45) is 5.45. The van der Waals surface area contributed by atoms with Crippen LogP contribution in [0.3, 0.4) is 0 Å². The molecule has 3 fully saturated rings. The van der Waals surface area contributed by atoms with Gasteiger partial charge in [-0.1, -0.05) is 47.5 Å². The number of carboxylic acid groups (broad SMARTS) is 1. The topological polar surface area (TPSA) is 69.6 Å². The van der Waals surface area contributed by atoms with Gasteiger partial charge >= 0.3 is 5.97 Å². The number of carbonyl (C=O) groups is 2. The second-order valence-electron chi connectivity index (χ2n) is 10.9.